The van der Waals surface area contributed by atoms with E-state index in [0.717, 1.165) is 11.0 Å². The second-order valence-corrected chi connectivity index (χ2v) is 6.68. The zero-order valence-electron chi connectivity index (χ0n) is 15.2. The molecule has 1 fully saturated rings. The van der Waals surface area contributed by atoms with Crippen LogP contribution in [0.5, 0.6) is 0 Å². The lowest BCUT2D eigenvalue weighted by molar-refractivity contribution is -0.137. The molecule has 0 saturated carbocycles. The van der Waals surface area contributed by atoms with Crippen molar-refractivity contribution in [2.75, 3.05) is 18.1 Å². The van der Waals surface area contributed by atoms with Crippen LogP contribution in [0.3, 0.4) is 0 Å². The number of unbranched alkanes of at least 4 members (excludes halogenated alkanes) is 1. The number of aliphatic hydroxyl groups excluding tert-OH is 1. The van der Waals surface area contributed by atoms with Crippen LogP contribution in [-0.2, 0) is 11.0 Å². The molecule has 26 heavy (non-hydrogen) atoms. The molecule has 1 saturated heterocycles. The predicted octanol–water partition coefficient (Wildman–Crippen LogP) is 3.06. The maximum atomic E-state index is 13.3. The highest BCUT2D eigenvalue weighted by molar-refractivity contribution is 7.80. The zero-order chi connectivity index (χ0) is 20.6. The second-order valence-electron chi connectivity index (χ2n) is 6.32. The molecule has 0 aliphatic carbocycles. The van der Waals surface area contributed by atoms with Gasteiger partial charge >= 0.3 is 6.18 Å². The SMILES string of the molecule is [3H]c1cc(C#N)c(C(F)(F)F)cc1N1C(=O)C(C)(C)N(CCCCO)C1=S. The number of halogens is 3. The van der Waals surface area contributed by atoms with Crippen molar-refractivity contribution in [3.63, 3.8) is 0 Å². The van der Waals surface area contributed by atoms with E-state index in [0.29, 0.717) is 25.5 Å². The third-order valence-electron chi connectivity index (χ3n) is 4.22. The van der Waals surface area contributed by atoms with E-state index in [1.807, 2.05) is 0 Å². The van der Waals surface area contributed by atoms with Gasteiger partial charge in [0.25, 0.3) is 5.91 Å². The standard InChI is InChI=1S/C17H18F3N3O2S/c1-16(2)14(25)23(15(26)22(16)7-3-4-8-24)12-6-5-11(10-21)13(9-12)17(18,19)20/h5-6,9,24H,3-4,7-8H2,1-2H3/i6T. The molecule has 0 radical (unpaired) electrons. The average molecular weight is 387 g/mol. The van der Waals surface area contributed by atoms with E-state index in [2.05, 4.69) is 0 Å². The van der Waals surface area contributed by atoms with Crippen LogP contribution in [0.25, 0.3) is 0 Å². The van der Waals surface area contributed by atoms with Crippen LogP contribution in [0.15, 0.2) is 18.2 Å². The smallest absolute Gasteiger partial charge is 0.396 e. The highest BCUT2D eigenvalue weighted by Gasteiger charge is 2.49. The second kappa shape index (κ2) is 7.21. The fourth-order valence-corrected chi connectivity index (χ4v) is 3.24. The molecule has 1 amide bonds. The van der Waals surface area contributed by atoms with Gasteiger partial charge in [-0.15, -0.1) is 0 Å². The van der Waals surface area contributed by atoms with Gasteiger partial charge < -0.3 is 10.0 Å². The first-order chi connectivity index (χ1) is 12.5. The van der Waals surface area contributed by atoms with E-state index in [1.165, 1.54) is 6.07 Å². The van der Waals surface area contributed by atoms with Gasteiger partial charge in [0.15, 0.2) is 5.11 Å². The van der Waals surface area contributed by atoms with E-state index >= 15 is 0 Å². The van der Waals surface area contributed by atoms with Gasteiger partial charge in [-0.1, -0.05) is 0 Å². The molecule has 2 rings (SSSR count). The Balaban J connectivity index is 2.53. The number of carbonyl (C=O) groups excluding carboxylic acids is 1. The lowest BCUT2D eigenvalue weighted by Gasteiger charge is -2.29. The van der Waals surface area contributed by atoms with Gasteiger partial charge in [-0.25, -0.2) is 0 Å². The summed E-state index contributed by atoms with van der Waals surface area (Å²) in [6.07, 6.45) is -3.79. The normalized spacial score (nSPS) is 17.5. The summed E-state index contributed by atoms with van der Waals surface area (Å²) in [6.45, 7) is 3.50. The fourth-order valence-electron chi connectivity index (χ4n) is 2.74. The number of amides is 1. The van der Waals surface area contributed by atoms with Gasteiger partial charge in [0.1, 0.15) is 5.54 Å². The van der Waals surface area contributed by atoms with Crippen molar-refractivity contribution >= 4 is 28.9 Å². The molecule has 0 atom stereocenters. The number of nitrogens with zero attached hydrogens (tertiary/aromatic N) is 3. The molecular weight excluding hydrogens is 367 g/mol. The fraction of sp³-hybridized carbons (Fsp3) is 0.471. The molecule has 1 aromatic rings. The Morgan fingerprint density at radius 2 is 2.08 bits per heavy atom. The molecule has 1 N–H and O–H groups in total. The molecule has 1 aromatic carbocycles. The van der Waals surface area contributed by atoms with Crippen molar-refractivity contribution < 1.29 is 24.4 Å². The lowest BCUT2D eigenvalue weighted by atomic mass is 10.0. The first kappa shape index (κ1) is 18.6. The number of rotatable bonds is 5. The van der Waals surface area contributed by atoms with Crippen molar-refractivity contribution in [3.8, 4) is 6.07 Å². The summed E-state index contributed by atoms with van der Waals surface area (Å²) >= 11 is 5.32. The lowest BCUT2D eigenvalue weighted by Crippen LogP contribution is -2.44. The van der Waals surface area contributed by atoms with E-state index in [4.69, 9.17) is 24.0 Å². The van der Waals surface area contributed by atoms with Gasteiger partial charge in [-0.3, -0.25) is 9.69 Å². The summed E-state index contributed by atoms with van der Waals surface area (Å²) in [7, 11) is 0. The summed E-state index contributed by atoms with van der Waals surface area (Å²) < 4.78 is 47.8. The van der Waals surface area contributed by atoms with E-state index in [9.17, 15) is 18.0 Å². The molecular formula is C17H18F3N3O2S. The molecule has 0 bridgehead atoms. The Bertz CT molecular complexity index is 821. The van der Waals surface area contributed by atoms with Crippen LogP contribution >= 0.6 is 12.2 Å². The number of alkyl halides is 3. The van der Waals surface area contributed by atoms with Crippen LogP contribution in [0.4, 0.5) is 18.9 Å². The molecule has 1 heterocycles. The first-order valence-electron chi connectivity index (χ1n) is 8.35. The molecule has 0 unspecified atom stereocenters. The Morgan fingerprint density at radius 3 is 2.62 bits per heavy atom. The number of benzene rings is 1. The first-order valence-corrected chi connectivity index (χ1v) is 8.26. The summed E-state index contributed by atoms with van der Waals surface area (Å²) in [5.74, 6) is -0.553. The minimum Gasteiger partial charge on any atom is -0.396 e. The maximum Gasteiger partial charge on any atom is 0.417 e. The summed E-state index contributed by atoms with van der Waals surface area (Å²) in [5.41, 5.74) is -3.32. The van der Waals surface area contributed by atoms with Crippen molar-refractivity contribution in [1.82, 2.24) is 4.90 Å². The number of aliphatic hydroxyl groups is 1. The van der Waals surface area contributed by atoms with E-state index < -0.39 is 34.8 Å². The number of carbonyl (C=O) groups is 1. The molecule has 140 valence electrons. The Hall–Kier alpha value is -2.18. The predicted molar refractivity (Wildman–Crippen MR) is 93.3 cm³/mol. The topological polar surface area (TPSA) is 67.6 Å². The van der Waals surface area contributed by atoms with Crippen LogP contribution < -0.4 is 4.90 Å². The maximum absolute atomic E-state index is 13.3. The van der Waals surface area contributed by atoms with Crippen molar-refractivity contribution in [1.29, 1.82) is 5.26 Å². The monoisotopic (exact) mass is 387 g/mol. The van der Waals surface area contributed by atoms with Crippen molar-refractivity contribution in [2.24, 2.45) is 0 Å². The number of hydrogen-bond acceptors (Lipinski definition) is 4. The largest absolute Gasteiger partial charge is 0.417 e. The third kappa shape index (κ3) is 3.52. The number of hydrogen-bond donors (Lipinski definition) is 1. The summed E-state index contributed by atoms with van der Waals surface area (Å²) in [4.78, 5) is 15.4. The molecule has 5 nitrogen and oxygen atoms in total. The Labute approximate surface area is 156 Å². The zero-order valence-corrected chi connectivity index (χ0v) is 15.0. The van der Waals surface area contributed by atoms with Gasteiger partial charge in [-0.05, 0) is 57.1 Å². The summed E-state index contributed by atoms with van der Waals surface area (Å²) in [6, 6.07) is 2.44. The van der Waals surface area contributed by atoms with Crippen LogP contribution in [-0.4, -0.2) is 39.7 Å². The molecule has 9 heteroatoms. The third-order valence-corrected chi connectivity index (χ3v) is 4.62. The van der Waals surface area contributed by atoms with Crippen LogP contribution in [0.2, 0.25) is 0 Å². The Kier molecular flexibility index (Phi) is 5.16. The van der Waals surface area contributed by atoms with Crippen LogP contribution in [0.1, 0.15) is 39.2 Å². The number of anilines is 1. The van der Waals surface area contributed by atoms with Gasteiger partial charge in [0, 0.05) is 13.2 Å². The molecule has 1 aliphatic rings. The summed E-state index contributed by atoms with van der Waals surface area (Å²) in [5, 5.41) is 17.9. The van der Waals surface area contributed by atoms with Crippen molar-refractivity contribution in [2.45, 2.75) is 38.4 Å². The van der Waals surface area contributed by atoms with E-state index in [-0.39, 0.29) is 17.4 Å². The quantitative estimate of drug-likeness (QED) is 0.621. The number of nitriles is 1. The minimum atomic E-state index is -4.81. The highest BCUT2D eigenvalue weighted by Crippen LogP contribution is 2.37. The van der Waals surface area contributed by atoms with Gasteiger partial charge in [0.05, 0.1) is 24.3 Å². The van der Waals surface area contributed by atoms with Crippen LogP contribution in [0, 0.1) is 11.3 Å². The molecule has 0 spiro atoms. The molecule has 1 aliphatic heterocycles. The number of thiocarbonyl (C=S) groups is 1. The Morgan fingerprint density at radius 1 is 1.42 bits per heavy atom. The average Bonchev–Trinajstić information content (AvgIpc) is 2.73. The van der Waals surface area contributed by atoms with E-state index in [1.54, 1.807) is 18.7 Å². The highest BCUT2D eigenvalue weighted by atomic mass is 32.1. The van der Waals surface area contributed by atoms with Gasteiger partial charge in [0.2, 0.25) is 0 Å². The minimum absolute atomic E-state index is 0.00530. The van der Waals surface area contributed by atoms with Gasteiger partial charge in [-0.2, -0.15) is 18.4 Å². The van der Waals surface area contributed by atoms with Crippen molar-refractivity contribution in [3.05, 3.63) is 29.3 Å². The molecule has 0 aromatic heterocycles.